The smallest absolute Gasteiger partial charge is 0.232 e. The van der Waals surface area contributed by atoms with Gasteiger partial charge in [-0.3, -0.25) is 4.72 Å². The minimum absolute atomic E-state index is 0.0338. The number of halogens is 3. The summed E-state index contributed by atoms with van der Waals surface area (Å²) in [6.07, 6.45) is 7.74. The first-order valence-electron chi connectivity index (χ1n) is 14.0. The van der Waals surface area contributed by atoms with Gasteiger partial charge >= 0.3 is 0 Å². The predicted octanol–water partition coefficient (Wildman–Crippen LogP) is 4.60. The molecule has 0 unspecified atom stereocenters. The molecule has 1 saturated heterocycles. The third-order valence-corrected chi connectivity index (χ3v) is 9.16. The fourth-order valence-corrected chi connectivity index (χ4v) is 6.58. The average molecular weight is 618 g/mol. The monoisotopic (exact) mass is 617 g/mol. The first-order chi connectivity index (χ1) is 20.6. The Hall–Kier alpha value is -3.75. The number of methoxy groups -OCH3 is 1. The van der Waals surface area contributed by atoms with E-state index in [0.717, 1.165) is 49.2 Å². The van der Waals surface area contributed by atoms with Gasteiger partial charge in [0.15, 0.2) is 17.5 Å². The van der Waals surface area contributed by atoms with Crippen molar-refractivity contribution in [2.45, 2.75) is 32.2 Å². The first kappa shape index (κ1) is 30.7. The van der Waals surface area contributed by atoms with E-state index in [1.54, 1.807) is 21.1 Å². The maximum atomic E-state index is 15.8. The standard InChI is InChI=1S/C29H34F3N7O3S/c1-4-13-43(40,41)36-24-6-5-22(30)28(26(24)32)39-17-21(19-15-33-18-34-16-19)27-25(39)14-23(31)29(35-27)37(2)20-7-9-38(10-8-20)11-12-42-3/h5-6,14-18,20,36H,4,7-13H2,1-3H3. The zero-order valence-electron chi connectivity index (χ0n) is 24.2. The Morgan fingerprint density at radius 2 is 1.84 bits per heavy atom. The van der Waals surface area contributed by atoms with Gasteiger partial charge in [0.25, 0.3) is 0 Å². The van der Waals surface area contributed by atoms with E-state index < -0.39 is 38.8 Å². The number of anilines is 2. The lowest BCUT2D eigenvalue weighted by atomic mass is 10.0. The molecule has 14 heteroatoms. The van der Waals surface area contributed by atoms with E-state index in [4.69, 9.17) is 9.72 Å². The molecule has 4 heterocycles. The van der Waals surface area contributed by atoms with Gasteiger partial charge in [-0.25, -0.2) is 36.5 Å². The lowest BCUT2D eigenvalue weighted by Gasteiger charge is -2.37. The van der Waals surface area contributed by atoms with Crippen molar-refractivity contribution in [2.75, 3.05) is 55.8 Å². The summed E-state index contributed by atoms with van der Waals surface area (Å²) in [6.45, 7) is 4.82. The average Bonchev–Trinajstić information content (AvgIpc) is 3.35. The van der Waals surface area contributed by atoms with E-state index >= 15 is 13.2 Å². The third kappa shape index (κ3) is 6.45. The summed E-state index contributed by atoms with van der Waals surface area (Å²) in [5.41, 5.74) is 0.315. The van der Waals surface area contributed by atoms with Crippen LogP contribution in [0.15, 0.2) is 43.1 Å². The first-order valence-corrected chi connectivity index (χ1v) is 15.7. The van der Waals surface area contributed by atoms with Crippen molar-refractivity contribution in [3.8, 4) is 16.8 Å². The topological polar surface area (TPSA) is 105 Å². The highest BCUT2D eigenvalue weighted by Crippen LogP contribution is 2.37. The van der Waals surface area contributed by atoms with Crippen molar-refractivity contribution in [1.29, 1.82) is 0 Å². The maximum absolute atomic E-state index is 15.8. The summed E-state index contributed by atoms with van der Waals surface area (Å²) < 4.78 is 80.2. The second kappa shape index (κ2) is 12.9. The molecule has 0 radical (unpaired) electrons. The fourth-order valence-electron chi connectivity index (χ4n) is 5.44. The van der Waals surface area contributed by atoms with E-state index in [2.05, 4.69) is 19.6 Å². The Kier molecular flexibility index (Phi) is 9.18. The molecule has 0 aliphatic carbocycles. The van der Waals surface area contributed by atoms with E-state index in [1.165, 1.54) is 31.0 Å². The van der Waals surface area contributed by atoms with E-state index in [-0.39, 0.29) is 28.6 Å². The zero-order valence-corrected chi connectivity index (χ0v) is 25.0. The number of fused-ring (bicyclic) bond motifs is 1. The summed E-state index contributed by atoms with van der Waals surface area (Å²) >= 11 is 0. The number of ether oxygens (including phenoxy) is 1. The molecular formula is C29H34F3N7O3S. The van der Waals surface area contributed by atoms with E-state index in [0.29, 0.717) is 24.2 Å². The predicted molar refractivity (Wildman–Crippen MR) is 159 cm³/mol. The van der Waals surface area contributed by atoms with Crippen LogP contribution in [0.1, 0.15) is 26.2 Å². The summed E-state index contributed by atoms with van der Waals surface area (Å²) in [4.78, 5) is 16.9. The minimum atomic E-state index is -3.87. The largest absolute Gasteiger partial charge is 0.383 e. The van der Waals surface area contributed by atoms with Crippen LogP contribution in [0.4, 0.5) is 24.7 Å². The van der Waals surface area contributed by atoms with Gasteiger partial charge < -0.3 is 19.1 Å². The van der Waals surface area contributed by atoms with E-state index in [9.17, 15) is 8.42 Å². The van der Waals surface area contributed by atoms with Gasteiger partial charge in [0, 0.05) is 75.6 Å². The van der Waals surface area contributed by atoms with Gasteiger partial charge in [-0.05, 0) is 31.4 Å². The Bertz CT molecular complexity index is 1690. The number of sulfonamides is 1. The van der Waals surface area contributed by atoms with Gasteiger partial charge in [-0.1, -0.05) is 6.92 Å². The molecule has 43 heavy (non-hydrogen) atoms. The Morgan fingerprint density at radius 3 is 2.51 bits per heavy atom. The summed E-state index contributed by atoms with van der Waals surface area (Å²) in [5.74, 6) is -2.89. The van der Waals surface area contributed by atoms with Crippen LogP contribution in [0, 0.1) is 17.5 Å². The highest BCUT2D eigenvalue weighted by molar-refractivity contribution is 7.92. The van der Waals surface area contributed by atoms with Crippen molar-refractivity contribution >= 4 is 32.6 Å². The number of pyridine rings is 1. The highest BCUT2D eigenvalue weighted by Gasteiger charge is 2.28. The van der Waals surface area contributed by atoms with Crippen molar-refractivity contribution in [2.24, 2.45) is 0 Å². The number of nitrogens with zero attached hydrogens (tertiary/aromatic N) is 6. The second-order valence-electron chi connectivity index (χ2n) is 10.6. The lowest BCUT2D eigenvalue weighted by molar-refractivity contribution is 0.130. The van der Waals surface area contributed by atoms with Crippen LogP contribution in [0.2, 0.25) is 0 Å². The van der Waals surface area contributed by atoms with Crippen LogP contribution in [0.5, 0.6) is 0 Å². The molecule has 230 valence electrons. The number of benzene rings is 1. The summed E-state index contributed by atoms with van der Waals surface area (Å²) in [7, 11) is -0.404. The van der Waals surface area contributed by atoms with Crippen molar-refractivity contribution in [3.05, 3.63) is 60.6 Å². The van der Waals surface area contributed by atoms with Gasteiger partial charge in [-0.2, -0.15) is 0 Å². The van der Waals surface area contributed by atoms with Gasteiger partial charge in [-0.15, -0.1) is 0 Å². The van der Waals surface area contributed by atoms with E-state index in [1.807, 2.05) is 4.90 Å². The lowest BCUT2D eigenvalue weighted by Crippen LogP contribution is -2.44. The number of aromatic nitrogens is 4. The van der Waals surface area contributed by atoms with Crippen LogP contribution in [-0.2, 0) is 14.8 Å². The van der Waals surface area contributed by atoms with Gasteiger partial charge in [0.05, 0.1) is 29.1 Å². The number of likely N-dealkylation sites (tertiary alicyclic amines) is 1. The molecule has 4 aromatic rings. The van der Waals surface area contributed by atoms with Crippen molar-refractivity contribution < 1.29 is 26.3 Å². The minimum Gasteiger partial charge on any atom is -0.383 e. The van der Waals surface area contributed by atoms with Crippen LogP contribution in [0.25, 0.3) is 27.8 Å². The molecule has 10 nitrogen and oxygen atoms in total. The van der Waals surface area contributed by atoms with Crippen molar-refractivity contribution in [3.63, 3.8) is 0 Å². The van der Waals surface area contributed by atoms with Crippen molar-refractivity contribution in [1.82, 2.24) is 24.4 Å². The molecule has 0 bridgehead atoms. The second-order valence-corrected chi connectivity index (χ2v) is 12.4. The molecule has 3 aromatic heterocycles. The normalized spacial score (nSPS) is 14.8. The van der Waals surface area contributed by atoms with Gasteiger partial charge in [0.1, 0.15) is 17.8 Å². The molecule has 1 fully saturated rings. The molecule has 1 N–H and O–H groups in total. The number of hydrogen-bond donors (Lipinski definition) is 1. The Labute approximate surface area is 248 Å². The third-order valence-electron chi connectivity index (χ3n) is 7.68. The molecule has 0 atom stereocenters. The SMILES string of the molecule is CCCS(=O)(=O)Nc1ccc(F)c(-n2cc(-c3cncnc3)c3nc(N(C)C4CCN(CCOC)CC4)c(F)cc32)c1F. The van der Waals surface area contributed by atoms with Crippen LogP contribution < -0.4 is 9.62 Å². The summed E-state index contributed by atoms with van der Waals surface area (Å²) in [6, 6.07) is 3.21. The number of nitrogens with one attached hydrogen (secondary N) is 1. The quantitative estimate of drug-likeness (QED) is 0.261. The molecule has 1 aliphatic heterocycles. The Morgan fingerprint density at radius 1 is 1.12 bits per heavy atom. The molecule has 0 saturated carbocycles. The number of hydrogen-bond acceptors (Lipinski definition) is 8. The molecule has 0 amide bonds. The number of rotatable bonds is 11. The highest BCUT2D eigenvalue weighted by atomic mass is 32.2. The van der Waals surface area contributed by atoms with Crippen LogP contribution in [0.3, 0.4) is 0 Å². The number of piperidine rings is 1. The molecule has 0 spiro atoms. The zero-order chi connectivity index (χ0) is 30.7. The fraction of sp³-hybridized carbons (Fsp3) is 0.414. The van der Waals surface area contributed by atoms with Crippen LogP contribution >= 0.6 is 0 Å². The maximum Gasteiger partial charge on any atom is 0.232 e. The molecule has 1 aliphatic rings. The molecular weight excluding hydrogens is 583 g/mol. The molecule has 1 aromatic carbocycles. The molecule has 5 rings (SSSR count). The van der Waals surface area contributed by atoms with Gasteiger partial charge in [0.2, 0.25) is 10.0 Å². The summed E-state index contributed by atoms with van der Waals surface area (Å²) in [5, 5.41) is 0. The van der Waals surface area contributed by atoms with Crippen LogP contribution in [-0.4, -0.2) is 85.0 Å². The Balaban J connectivity index is 1.60.